The van der Waals surface area contributed by atoms with Crippen molar-refractivity contribution in [1.29, 1.82) is 0 Å². The first-order valence-corrected chi connectivity index (χ1v) is 11.0. The fourth-order valence-electron chi connectivity index (χ4n) is 4.41. The fraction of sp³-hybridized carbons (Fsp3) is 0.269. The molecule has 1 aliphatic heterocycles. The third-order valence-corrected chi connectivity index (χ3v) is 6.45. The molecule has 0 amide bonds. The first-order valence-electron chi connectivity index (χ1n) is 10.2. The summed E-state index contributed by atoms with van der Waals surface area (Å²) in [4.78, 5) is 15.6. The van der Waals surface area contributed by atoms with Gasteiger partial charge in [0.1, 0.15) is 11.7 Å². The van der Waals surface area contributed by atoms with Gasteiger partial charge in [-0.05, 0) is 60.7 Å². The lowest BCUT2D eigenvalue weighted by atomic mass is 9.82. The van der Waals surface area contributed by atoms with Crippen LogP contribution in [0, 0.1) is 25.7 Å². The summed E-state index contributed by atoms with van der Waals surface area (Å²) in [5, 5.41) is 0. The Balaban J connectivity index is 1.74. The van der Waals surface area contributed by atoms with Crippen LogP contribution in [0.5, 0.6) is 5.75 Å². The van der Waals surface area contributed by atoms with Crippen LogP contribution in [-0.2, 0) is 4.79 Å². The summed E-state index contributed by atoms with van der Waals surface area (Å²) < 4.78 is 6.95. The zero-order chi connectivity index (χ0) is 21.4. The number of benzene rings is 2. The van der Waals surface area contributed by atoms with E-state index in [0.717, 1.165) is 32.5 Å². The number of fused-ring (bicyclic) bond motifs is 1. The number of anilines is 1. The second kappa shape index (κ2) is 8.27. The molecule has 0 bridgehead atoms. The number of ether oxygens (including phenoxy) is 1. The Bertz CT molecular complexity index is 1060. The summed E-state index contributed by atoms with van der Waals surface area (Å²) in [6.45, 7) is 6.14. The molecule has 1 aliphatic carbocycles. The standard InChI is InChI=1S/C26H26BrNO2/c1-16-9-5-6-10-20(16)24-15-22(21-11-7-8-12-23(21)28(24)4)26(29)30-25-17(2)13-19(27)14-18(25)3/h5-16,20,22H,1-4H3. The van der Waals surface area contributed by atoms with Crippen molar-refractivity contribution in [3.05, 3.63) is 93.6 Å². The van der Waals surface area contributed by atoms with Gasteiger partial charge in [0.15, 0.2) is 0 Å². The molecular weight excluding hydrogens is 438 g/mol. The molecule has 0 radical (unpaired) electrons. The van der Waals surface area contributed by atoms with Crippen LogP contribution in [-0.4, -0.2) is 13.0 Å². The van der Waals surface area contributed by atoms with Crippen LogP contribution in [0.2, 0.25) is 0 Å². The second-order valence-electron chi connectivity index (χ2n) is 8.13. The van der Waals surface area contributed by atoms with Gasteiger partial charge in [-0.15, -0.1) is 0 Å². The first kappa shape index (κ1) is 20.7. The van der Waals surface area contributed by atoms with Crippen molar-refractivity contribution in [3.63, 3.8) is 0 Å². The Morgan fingerprint density at radius 3 is 2.43 bits per heavy atom. The highest BCUT2D eigenvalue weighted by Crippen LogP contribution is 2.42. The number of carbonyl (C=O) groups excluding carboxylic acids is 1. The Hall–Kier alpha value is -2.59. The average Bonchev–Trinajstić information content (AvgIpc) is 2.72. The predicted molar refractivity (Wildman–Crippen MR) is 126 cm³/mol. The minimum absolute atomic E-state index is 0.222. The van der Waals surface area contributed by atoms with E-state index in [1.165, 1.54) is 0 Å². The molecule has 1 heterocycles. The van der Waals surface area contributed by atoms with Crippen molar-refractivity contribution in [2.75, 3.05) is 11.9 Å². The van der Waals surface area contributed by atoms with Crippen LogP contribution < -0.4 is 9.64 Å². The normalized spacial score (nSPS) is 22.5. The number of aryl methyl sites for hydroxylation is 2. The summed E-state index contributed by atoms with van der Waals surface area (Å²) in [6, 6.07) is 12.0. The third-order valence-electron chi connectivity index (χ3n) is 5.99. The minimum atomic E-state index is -0.443. The summed E-state index contributed by atoms with van der Waals surface area (Å²) in [6.07, 6.45) is 10.7. The lowest BCUT2D eigenvalue weighted by molar-refractivity contribution is -0.135. The van der Waals surface area contributed by atoms with E-state index in [0.29, 0.717) is 11.7 Å². The maximum Gasteiger partial charge on any atom is 0.322 e. The molecule has 3 nitrogen and oxygen atoms in total. The van der Waals surface area contributed by atoms with E-state index in [9.17, 15) is 4.79 Å². The maximum atomic E-state index is 13.4. The Morgan fingerprint density at radius 2 is 1.73 bits per heavy atom. The predicted octanol–water partition coefficient (Wildman–Crippen LogP) is 6.47. The van der Waals surface area contributed by atoms with Gasteiger partial charge in [-0.3, -0.25) is 4.79 Å². The van der Waals surface area contributed by atoms with Crippen molar-refractivity contribution in [2.24, 2.45) is 11.8 Å². The van der Waals surface area contributed by atoms with E-state index in [2.05, 4.69) is 71.2 Å². The molecule has 4 rings (SSSR count). The zero-order valence-electron chi connectivity index (χ0n) is 17.7. The number of hydrogen-bond acceptors (Lipinski definition) is 3. The molecule has 3 atom stereocenters. The van der Waals surface area contributed by atoms with Gasteiger partial charge < -0.3 is 9.64 Å². The molecule has 0 fully saturated rings. The van der Waals surface area contributed by atoms with Gasteiger partial charge in [0.2, 0.25) is 0 Å². The molecule has 2 aliphatic rings. The van der Waals surface area contributed by atoms with Gasteiger partial charge in [-0.2, -0.15) is 0 Å². The summed E-state index contributed by atoms with van der Waals surface area (Å²) >= 11 is 3.51. The van der Waals surface area contributed by atoms with Crippen LogP contribution in [0.15, 0.2) is 76.9 Å². The molecule has 30 heavy (non-hydrogen) atoms. The molecule has 3 unspecified atom stereocenters. The number of nitrogens with zero attached hydrogens (tertiary/aromatic N) is 1. The zero-order valence-corrected chi connectivity index (χ0v) is 19.3. The monoisotopic (exact) mass is 463 g/mol. The van der Waals surface area contributed by atoms with E-state index in [4.69, 9.17) is 4.74 Å². The lowest BCUT2D eigenvalue weighted by Crippen LogP contribution is -2.33. The molecule has 2 aromatic carbocycles. The Labute approximate surface area is 186 Å². The summed E-state index contributed by atoms with van der Waals surface area (Å²) in [5.74, 6) is 0.538. The van der Waals surface area contributed by atoms with Crippen LogP contribution in [0.25, 0.3) is 0 Å². The van der Waals surface area contributed by atoms with Gasteiger partial charge in [-0.1, -0.05) is 65.4 Å². The molecule has 0 saturated carbocycles. The van der Waals surface area contributed by atoms with Crippen molar-refractivity contribution in [1.82, 2.24) is 0 Å². The summed E-state index contributed by atoms with van der Waals surface area (Å²) in [5.41, 5.74) is 5.04. The van der Waals surface area contributed by atoms with Crippen molar-refractivity contribution in [3.8, 4) is 5.75 Å². The largest absolute Gasteiger partial charge is 0.425 e. The molecule has 0 saturated heterocycles. The van der Waals surface area contributed by atoms with E-state index in [1.54, 1.807) is 0 Å². The number of para-hydroxylation sites is 1. The van der Waals surface area contributed by atoms with Crippen LogP contribution >= 0.6 is 15.9 Å². The smallest absolute Gasteiger partial charge is 0.322 e. The molecule has 4 heteroatoms. The Morgan fingerprint density at radius 1 is 1.07 bits per heavy atom. The van der Waals surface area contributed by atoms with E-state index >= 15 is 0 Å². The highest BCUT2D eigenvalue weighted by Gasteiger charge is 2.34. The van der Waals surface area contributed by atoms with Crippen molar-refractivity contribution >= 4 is 27.6 Å². The average molecular weight is 464 g/mol. The van der Waals surface area contributed by atoms with E-state index in [1.807, 2.05) is 44.2 Å². The molecule has 2 aromatic rings. The quantitative estimate of drug-likeness (QED) is 0.385. The molecular formula is C26H26BrNO2. The highest BCUT2D eigenvalue weighted by molar-refractivity contribution is 9.10. The van der Waals surface area contributed by atoms with Gasteiger partial charge in [-0.25, -0.2) is 0 Å². The fourth-order valence-corrected chi connectivity index (χ4v) is 5.09. The number of allylic oxidation sites excluding steroid dienone is 4. The highest BCUT2D eigenvalue weighted by atomic mass is 79.9. The van der Waals surface area contributed by atoms with Crippen LogP contribution in [0.3, 0.4) is 0 Å². The first-order chi connectivity index (χ1) is 14.4. The lowest BCUT2D eigenvalue weighted by Gasteiger charge is -2.37. The van der Waals surface area contributed by atoms with Gasteiger partial charge in [0.25, 0.3) is 0 Å². The molecule has 154 valence electrons. The van der Waals surface area contributed by atoms with Crippen molar-refractivity contribution < 1.29 is 9.53 Å². The maximum absolute atomic E-state index is 13.4. The summed E-state index contributed by atoms with van der Waals surface area (Å²) in [7, 11) is 2.08. The molecule has 0 N–H and O–H groups in total. The van der Waals surface area contributed by atoms with Crippen LogP contribution in [0.1, 0.15) is 29.5 Å². The number of hydrogen-bond donors (Lipinski definition) is 0. The number of rotatable bonds is 3. The number of esters is 1. The van der Waals surface area contributed by atoms with E-state index < -0.39 is 5.92 Å². The van der Waals surface area contributed by atoms with E-state index in [-0.39, 0.29) is 11.9 Å². The van der Waals surface area contributed by atoms with Crippen molar-refractivity contribution in [2.45, 2.75) is 26.7 Å². The molecule has 0 spiro atoms. The Kier molecular flexibility index (Phi) is 5.70. The SMILES string of the molecule is Cc1cc(Br)cc(C)c1OC(=O)C1C=C(C2C=CC=CC2C)N(C)c2ccccc21. The molecule has 0 aromatic heterocycles. The van der Waals surface area contributed by atoms with Gasteiger partial charge in [0.05, 0.1) is 0 Å². The number of halogens is 1. The minimum Gasteiger partial charge on any atom is -0.425 e. The van der Waals surface area contributed by atoms with Crippen LogP contribution in [0.4, 0.5) is 5.69 Å². The van der Waals surface area contributed by atoms with Gasteiger partial charge in [0, 0.05) is 28.8 Å². The number of carbonyl (C=O) groups is 1. The van der Waals surface area contributed by atoms with Gasteiger partial charge >= 0.3 is 5.97 Å². The topological polar surface area (TPSA) is 29.5 Å². The third kappa shape index (κ3) is 3.77. The second-order valence-corrected chi connectivity index (χ2v) is 9.05.